The molecule has 314 valence electrons. The van der Waals surface area contributed by atoms with Crippen LogP contribution in [0.2, 0.25) is 0 Å². The molecule has 0 aromatic carbocycles. The van der Waals surface area contributed by atoms with E-state index in [1.807, 2.05) is 0 Å². The number of unbranched alkanes of at least 4 members (excludes halogenated alkanes) is 19. The molecule has 4 fully saturated rings. The molecule has 0 spiro atoms. The number of hydrogen-bond donors (Lipinski definition) is 1. The molecule has 0 aliphatic heterocycles. The molecular weight excluding hydrogens is 661 g/mol. The first kappa shape index (κ1) is 45.9. The van der Waals surface area contributed by atoms with Crippen LogP contribution in [0.25, 0.3) is 0 Å². The molecule has 0 heterocycles. The van der Waals surface area contributed by atoms with E-state index in [4.69, 9.17) is 4.74 Å². The number of rotatable bonds is 27. The van der Waals surface area contributed by atoms with Crippen molar-refractivity contribution in [3.05, 3.63) is 12.2 Å². The minimum Gasteiger partial charge on any atom is -0.459 e. The van der Waals surface area contributed by atoms with Gasteiger partial charge in [0.05, 0.1) is 6.10 Å². The highest BCUT2D eigenvalue weighted by Gasteiger charge is 2.63. The van der Waals surface area contributed by atoms with Gasteiger partial charge in [0.2, 0.25) is 0 Å². The maximum absolute atomic E-state index is 13.3. The van der Waals surface area contributed by atoms with Gasteiger partial charge in [-0.15, -0.1) is 0 Å². The van der Waals surface area contributed by atoms with Crippen molar-refractivity contribution in [2.45, 2.75) is 253 Å². The Labute approximate surface area is 336 Å². The standard InChI is InChI=1S/C51H92O3/c1-7-8-9-10-11-12-13-14-15-16-17-18-19-20-21-22-23-24-25-26-27-31-49(53)54-48-39-43(52)38-42-32-33-44-46-35-34-45(41(4)30-28-29-40(2)3)50(46,5)37-36-47(44)51(42,48)6/h27,31,40-48,52H,7-26,28-30,32-39H2,1-6H3/b31-27+/t41-,42-,43+,44-,45-,46+,47+,48?,50-,51+/m1/s1. The molecule has 0 bridgehead atoms. The summed E-state index contributed by atoms with van der Waals surface area (Å²) in [4.78, 5) is 13.3. The molecule has 0 amide bonds. The normalized spacial score (nSPS) is 32.8. The lowest BCUT2D eigenvalue weighted by Gasteiger charge is -2.62. The molecule has 3 nitrogen and oxygen atoms in total. The van der Waals surface area contributed by atoms with E-state index in [-0.39, 0.29) is 23.6 Å². The number of carbonyl (C=O) groups is 1. The van der Waals surface area contributed by atoms with Crippen molar-refractivity contribution in [1.29, 1.82) is 0 Å². The number of ether oxygens (including phenoxy) is 1. The lowest BCUT2D eigenvalue weighted by atomic mass is 9.43. The monoisotopic (exact) mass is 753 g/mol. The average molecular weight is 753 g/mol. The van der Waals surface area contributed by atoms with Gasteiger partial charge in [0.15, 0.2) is 0 Å². The van der Waals surface area contributed by atoms with Gasteiger partial charge >= 0.3 is 5.97 Å². The maximum atomic E-state index is 13.3. The van der Waals surface area contributed by atoms with Crippen molar-refractivity contribution >= 4 is 5.97 Å². The van der Waals surface area contributed by atoms with Crippen LogP contribution in [-0.2, 0) is 9.53 Å². The quantitative estimate of drug-likeness (QED) is 0.0516. The number of hydrogen-bond acceptors (Lipinski definition) is 3. The van der Waals surface area contributed by atoms with Crippen LogP contribution in [0, 0.1) is 52.3 Å². The summed E-state index contributed by atoms with van der Waals surface area (Å²) in [6, 6.07) is 0. The number of aliphatic hydroxyl groups is 1. The molecule has 0 aromatic rings. The molecule has 0 radical (unpaired) electrons. The number of aliphatic hydroxyl groups excluding tert-OH is 1. The summed E-state index contributed by atoms with van der Waals surface area (Å²) in [5.41, 5.74) is 0.456. The summed E-state index contributed by atoms with van der Waals surface area (Å²) in [6.45, 7) is 14.7. The van der Waals surface area contributed by atoms with Crippen LogP contribution in [0.5, 0.6) is 0 Å². The van der Waals surface area contributed by atoms with Crippen LogP contribution >= 0.6 is 0 Å². The average Bonchev–Trinajstić information content (AvgIpc) is 3.50. The Hall–Kier alpha value is -0.830. The zero-order chi connectivity index (χ0) is 38.8. The van der Waals surface area contributed by atoms with E-state index in [9.17, 15) is 9.90 Å². The Bertz CT molecular complexity index is 1050. The largest absolute Gasteiger partial charge is 0.459 e. The van der Waals surface area contributed by atoms with Gasteiger partial charge in [0.25, 0.3) is 0 Å². The number of carbonyl (C=O) groups excluding carboxylic acids is 1. The van der Waals surface area contributed by atoms with E-state index in [1.54, 1.807) is 6.08 Å². The lowest BCUT2D eigenvalue weighted by Crippen LogP contribution is -2.60. The van der Waals surface area contributed by atoms with E-state index in [1.165, 1.54) is 173 Å². The predicted octanol–water partition coefficient (Wildman–Crippen LogP) is 15.4. The van der Waals surface area contributed by atoms with Gasteiger partial charge in [0.1, 0.15) is 6.10 Å². The molecule has 4 saturated carbocycles. The SMILES string of the molecule is CCCCCCCCCCCCCCCCCCCCC/C=C/C(=O)OC1C[C@@H](O)C[C@H]2CC[C@@H]3[C@@H]4CC[C@H]([C@H](C)CCCC(C)C)[C@@]4(C)CC[C@@H]3[C@@]12C. The summed E-state index contributed by atoms with van der Waals surface area (Å²) in [5.74, 6) is 4.96. The van der Waals surface area contributed by atoms with Gasteiger partial charge in [-0.3, -0.25) is 0 Å². The fourth-order valence-corrected chi connectivity index (χ4v) is 13.2. The fourth-order valence-electron chi connectivity index (χ4n) is 13.2. The minimum absolute atomic E-state index is 0.0130. The first-order valence-corrected chi connectivity index (χ1v) is 24.7. The Morgan fingerprint density at radius 3 is 1.83 bits per heavy atom. The van der Waals surface area contributed by atoms with Crippen molar-refractivity contribution in [1.82, 2.24) is 0 Å². The molecule has 3 heteroatoms. The molecule has 4 rings (SSSR count). The Morgan fingerprint density at radius 1 is 0.685 bits per heavy atom. The van der Waals surface area contributed by atoms with Crippen LogP contribution in [-0.4, -0.2) is 23.3 Å². The summed E-state index contributed by atoms with van der Waals surface area (Å²) >= 11 is 0. The lowest BCUT2D eigenvalue weighted by molar-refractivity contribution is -0.200. The second-order valence-corrected chi connectivity index (χ2v) is 20.7. The van der Waals surface area contributed by atoms with E-state index >= 15 is 0 Å². The second kappa shape index (κ2) is 24.2. The number of esters is 1. The summed E-state index contributed by atoms with van der Waals surface area (Å²) < 4.78 is 6.40. The maximum Gasteiger partial charge on any atom is 0.330 e. The van der Waals surface area contributed by atoms with Crippen LogP contribution in [0.15, 0.2) is 12.2 Å². The fraction of sp³-hybridized carbons (Fsp3) is 0.941. The first-order chi connectivity index (χ1) is 26.1. The third-order valence-corrected chi connectivity index (χ3v) is 16.4. The Kier molecular flexibility index (Phi) is 20.5. The van der Waals surface area contributed by atoms with Crippen molar-refractivity contribution in [2.75, 3.05) is 0 Å². The molecule has 4 aliphatic carbocycles. The molecule has 4 aliphatic rings. The van der Waals surface area contributed by atoms with E-state index in [0.29, 0.717) is 23.7 Å². The molecule has 1 unspecified atom stereocenters. The Morgan fingerprint density at radius 2 is 1.26 bits per heavy atom. The van der Waals surface area contributed by atoms with E-state index in [0.717, 1.165) is 48.9 Å². The van der Waals surface area contributed by atoms with Crippen molar-refractivity contribution in [3.8, 4) is 0 Å². The summed E-state index contributed by atoms with van der Waals surface area (Å²) in [7, 11) is 0. The van der Waals surface area contributed by atoms with Gasteiger partial charge in [-0.05, 0) is 105 Å². The van der Waals surface area contributed by atoms with Crippen LogP contribution in [0.1, 0.15) is 241 Å². The highest BCUT2D eigenvalue weighted by molar-refractivity contribution is 5.82. The zero-order valence-corrected chi connectivity index (χ0v) is 37.0. The van der Waals surface area contributed by atoms with Crippen molar-refractivity contribution in [3.63, 3.8) is 0 Å². The topological polar surface area (TPSA) is 46.5 Å². The summed E-state index contributed by atoms with van der Waals surface area (Å²) in [5, 5.41) is 11.0. The molecule has 0 aromatic heterocycles. The van der Waals surface area contributed by atoms with E-state index < -0.39 is 0 Å². The predicted molar refractivity (Wildman–Crippen MR) is 231 cm³/mol. The highest BCUT2D eigenvalue weighted by atomic mass is 16.5. The molecule has 54 heavy (non-hydrogen) atoms. The van der Waals surface area contributed by atoms with Crippen molar-refractivity contribution in [2.24, 2.45) is 52.3 Å². The van der Waals surface area contributed by atoms with Gasteiger partial charge in [-0.1, -0.05) is 182 Å². The second-order valence-electron chi connectivity index (χ2n) is 20.7. The molecule has 10 atom stereocenters. The molecule has 1 N–H and O–H groups in total. The zero-order valence-electron chi connectivity index (χ0n) is 37.0. The molecule has 0 saturated heterocycles. The summed E-state index contributed by atoms with van der Waals surface area (Å²) in [6.07, 6.45) is 44.3. The molecular formula is C51H92O3. The Balaban J connectivity index is 1.10. The van der Waals surface area contributed by atoms with E-state index in [2.05, 4.69) is 47.6 Å². The third-order valence-electron chi connectivity index (χ3n) is 16.4. The van der Waals surface area contributed by atoms with Crippen LogP contribution in [0.3, 0.4) is 0 Å². The van der Waals surface area contributed by atoms with Gasteiger partial charge in [-0.2, -0.15) is 0 Å². The third kappa shape index (κ3) is 13.4. The number of fused-ring (bicyclic) bond motifs is 5. The minimum atomic E-state index is -0.345. The van der Waals surface area contributed by atoms with Crippen molar-refractivity contribution < 1.29 is 14.6 Å². The number of allylic oxidation sites excluding steroid dienone is 1. The van der Waals surface area contributed by atoms with Gasteiger partial charge < -0.3 is 9.84 Å². The van der Waals surface area contributed by atoms with Crippen LogP contribution in [0.4, 0.5) is 0 Å². The highest BCUT2D eigenvalue weighted by Crippen LogP contribution is 2.68. The van der Waals surface area contributed by atoms with Crippen LogP contribution < -0.4 is 0 Å². The first-order valence-electron chi connectivity index (χ1n) is 24.7. The van der Waals surface area contributed by atoms with Gasteiger partial charge in [0, 0.05) is 17.9 Å². The van der Waals surface area contributed by atoms with Gasteiger partial charge in [-0.25, -0.2) is 4.79 Å². The smallest absolute Gasteiger partial charge is 0.330 e.